The third-order valence-corrected chi connectivity index (χ3v) is 7.39. The molecule has 1 N–H and O–H groups in total. The van der Waals surface area contributed by atoms with Crippen molar-refractivity contribution in [2.75, 3.05) is 32.7 Å². The first kappa shape index (κ1) is 23.2. The fourth-order valence-electron chi connectivity index (χ4n) is 4.04. The van der Waals surface area contributed by atoms with Gasteiger partial charge in [-0.15, -0.1) is 0 Å². The summed E-state index contributed by atoms with van der Waals surface area (Å²) < 4.78 is 27.7. The average Bonchev–Trinajstić information content (AvgIpc) is 2.79. The molecular weight excluding hydrogens is 414 g/mol. The molecule has 0 aliphatic carbocycles. The van der Waals surface area contributed by atoms with Crippen LogP contribution in [0.15, 0.2) is 47.4 Å². The molecule has 2 aromatic rings. The molecule has 0 saturated carbocycles. The van der Waals surface area contributed by atoms with Gasteiger partial charge >= 0.3 is 0 Å². The van der Waals surface area contributed by atoms with Crippen LogP contribution in [0.1, 0.15) is 33.1 Å². The summed E-state index contributed by atoms with van der Waals surface area (Å²) >= 11 is 0. The van der Waals surface area contributed by atoms with E-state index in [1.807, 2.05) is 43.0 Å². The largest absolute Gasteiger partial charge is 0.343 e. The second kappa shape index (κ2) is 10.2. The maximum absolute atomic E-state index is 12.6. The van der Waals surface area contributed by atoms with Gasteiger partial charge < -0.3 is 9.80 Å². The van der Waals surface area contributed by atoms with Gasteiger partial charge in [-0.05, 0) is 49.6 Å². The highest BCUT2D eigenvalue weighted by Gasteiger charge is 2.29. The van der Waals surface area contributed by atoms with E-state index in [4.69, 9.17) is 0 Å². The number of rotatable bonds is 8. The second-order valence-electron chi connectivity index (χ2n) is 7.82. The summed E-state index contributed by atoms with van der Waals surface area (Å²) in [6.07, 6.45) is 1.41. The van der Waals surface area contributed by atoms with E-state index in [1.54, 1.807) is 23.1 Å². The monoisotopic (exact) mass is 445 g/mol. The Kier molecular flexibility index (Phi) is 7.67. The van der Waals surface area contributed by atoms with E-state index in [0.29, 0.717) is 39.0 Å². The summed E-state index contributed by atoms with van der Waals surface area (Å²) in [5.41, 5.74) is 0. The third kappa shape index (κ3) is 5.62. The van der Waals surface area contributed by atoms with E-state index < -0.39 is 10.0 Å². The summed E-state index contributed by atoms with van der Waals surface area (Å²) in [6, 6.07) is 12.6. The molecule has 0 aromatic heterocycles. The van der Waals surface area contributed by atoms with Crippen molar-refractivity contribution in [3.63, 3.8) is 0 Å². The fraction of sp³-hybridized carbons (Fsp3) is 0.478. The molecule has 2 amide bonds. The Bertz CT molecular complexity index is 1030. The summed E-state index contributed by atoms with van der Waals surface area (Å²) in [4.78, 5) is 28.8. The summed E-state index contributed by atoms with van der Waals surface area (Å²) in [6.45, 7) is 6.46. The van der Waals surface area contributed by atoms with Crippen LogP contribution in [-0.2, 0) is 19.6 Å². The number of hydrogen-bond acceptors (Lipinski definition) is 4. The van der Waals surface area contributed by atoms with Crippen LogP contribution < -0.4 is 4.72 Å². The van der Waals surface area contributed by atoms with Gasteiger partial charge in [-0.3, -0.25) is 9.59 Å². The first-order valence-electron chi connectivity index (χ1n) is 10.9. The van der Waals surface area contributed by atoms with Crippen molar-refractivity contribution in [2.45, 2.75) is 38.0 Å². The molecule has 3 rings (SSSR count). The Hall–Kier alpha value is -2.45. The SMILES string of the molecule is CCN(CC)C(=O)C1CCN(C(=O)CCNS(=O)(=O)c2ccc3ccccc3c2)CC1. The normalized spacial score (nSPS) is 15.2. The summed E-state index contributed by atoms with van der Waals surface area (Å²) in [7, 11) is -3.68. The lowest BCUT2D eigenvalue weighted by Crippen LogP contribution is -2.45. The van der Waals surface area contributed by atoms with Crippen molar-refractivity contribution in [3.05, 3.63) is 42.5 Å². The van der Waals surface area contributed by atoms with Gasteiger partial charge in [-0.2, -0.15) is 0 Å². The van der Waals surface area contributed by atoms with Gasteiger partial charge in [0.25, 0.3) is 0 Å². The van der Waals surface area contributed by atoms with Crippen molar-refractivity contribution in [1.82, 2.24) is 14.5 Å². The highest BCUT2D eigenvalue weighted by molar-refractivity contribution is 7.89. The smallest absolute Gasteiger partial charge is 0.240 e. The van der Waals surface area contributed by atoms with Crippen LogP contribution in [0.25, 0.3) is 10.8 Å². The molecule has 7 nitrogen and oxygen atoms in total. The maximum Gasteiger partial charge on any atom is 0.240 e. The highest BCUT2D eigenvalue weighted by Crippen LogP contribution is 2.21. The van der Waals surface area contributed by atoms with Crippen LogP contribution in [0.5, 0.6) is 0 Å². The number of likely N-dealkylation sites (tertiary alicyclic amines) is 1. The molecule has 0 unspecified atom stereocenters. The van der Waals surface area contributed by atoms with Crippen LogP contribution >= 0.6 is 0 Å². The molecule has 1 fully saturated rings. The van der Waals surface area contributed by atoms with Gasteiger partial charge in [0.2, 0.25) is 21.8 Å². The van der Waals surface area contributed by atoms with Crippen molar-refractivity contribution in [3.8, 4) is 0 Å². The number of piperidine rings is 1. The lowest BCUT2D eigenvalue weighted by Gasteiger charge is -2.33. The molecule has 0 radical (unpaired) electrons. The van der Waals surface area contributed by atoms with Crippen molar-refractivity contribution in [1.29, 1.82) is 0 Å². The zero-order chi connectivity index (χ0) is 22.4. The number of amides is 2. The van der Waals surface area contributed by atoms with Crippen LogP contribution in [0.2, 0.25) is 0 Å². The molecular formula is C23H31N3O4S. The number of carbonyl (C=O) groups is 2. The van der Waals surface area contributed by atoms with Gasteiger partial charge in [0, 0.05) is 45.1 Å². The Morgan fingerprint density at radius 3 is 2.32 bits per heavy atom. The predicted molar refractivity (Wildman–Crippen MR) is 121 cm³/mol. The average molecular weight is 446 g/mol. The lowest BCUT2D eigenvalue weighted by molar-refractivity contribution is -0.140. The number of hydrogen-bond donors (Lipinski definition) is 1. The number of carbonyl (C=O) groups excluding carboxylic acids is 2. The van der Waals surface area contributed by atoms with E-state index in [9.17, 15) is 18.0 Å². The van der Waals surface area contributed by atoms with Crippen molar-refractivity contribution < 1.29 is 18.0 Å². The maximum atomic E-state index is 12.6. The zero-order valence-corrected chi connectivity index (χ0v) is 19.0. The molecule has 1 aliphatic heterocycles. The number of fused-ring (bicyclic) bond motifs is 1. The summed E-state index contributed by atoms with van der Waals surface area (Å²) in [5.74, 6) is 0.0468. The third-order valence-electron chi connectivity index (χ3n) is 5.93. The van der Waals surface area contributed by atoms with Gasteiger partial charge in [-0.25, -0.2) is 13.1 Å². The molecule has 0 atom stereocenters. The Labute approximate surface area is 184 Å². The van der Waals surface area contributed by atoms with Gasteiger partial charge in [-0.1, -0.05) is 30.3 Å². The minimum Gasteiger partial charge on any atom is -0.343 e. The zero-order valence-electron chi connectivity index (χ0n) is 18.2. The predicted octanol–water partition coefficient (Wildman–Crippen LogP) is 2.62. The minimum atomic E-state index is -3.68. The first-order chi connectivity index (χ1) is 14.9. The van der Waals surface area contributed by atoms with E-state index in [0.717, 1.165) is 10.8 Å². The molecule has 168 valence electrons. The molecule has 1 heterocycles. The minimum absolute atomic E-state index is 0.0321. The Balaban J connectivity index is 1.49. The highest BCUT2D eigenvalue weighted by atomic mass is 32.2. The van der Waals surface area contributed by atoms with E-state index in [2.05, 4.69) is 4.72 Å². The van der Waals surface area contributed by atoms with Gasteiger partial charge in [0.1, 0.15) is 0 Å². The second-order valence-corrected chi connectivity index (χ2v) is 9.59. The molecule has 2 aromatic carbocycles. The standard InChI is InChI=1S/C23H31N3O4S/c1-3-25(4-2)23(28)19-12-15-26(16-13-19)22(27)11-14-24-31(29,30)21-10-9-18-7-5-6-8-20(18)17-21/h5-10,17,19,24H,3-4,11-16H2,1-2H3. The Morgan fingerprint density at radius 2 is 1.68 bits per heavy atom. The molecule has 1 aliphatic rings. The van der Waals surface area contributed by atoms with E-state index in [1.165, 1.54) is 0 Å². The molecule has 8 heteroatoms. The van der Waals surface area contributed by atoms with E-state index >= 15 is 0 Å². The van der Waals surface area contributed by atoms with Crippen LogP contribution in [0, 0.1) is 5.92 Å². The number of nitrogens with zero attached hydrogens (tertiary/aromatic N) is 2. The quantitative estimate of drug-likeness (QED) is 0.677. The van der Waals surface area contributed by atoms with Crippen molar-refractivity contribution in [2.24, 2.45) is 5.92 Å². The van der Waals surface area contributed by atoms with Crippen LogP contribution in [0.4, 0.5) is 0 Å². The first-order valence-corrected chi connectivity index (χ1v) is 12.4. The van der Waals surface area contributed by atoms with Crippen LogP contribution in [0.3, 0.4) is 0 Å². The summed E-state index contributed by atoms with van der Waals surface area (Å²) in [5, 5.41) is 1.82. The fourth-order valence-corrected chi connectivity index (χ4v) is 5.10. The van der Waals surface area contributed by atoms with Crippen LogP contribution in [-0.4, -0.2) is 62.8 Å². The topological polar surface area (TPSA) is 86.8 Å². The number of sulfonamides is 1. The van der Waals surface area contributed by atoms with Gasteiger partial charge in [0.15, 0.2) is 0 Å². The molecule has 0 spiro atoms. The number of benzene rings is 2. The van der Waals surface area contributed by atoms with Gasteiger partial charge in [0.05, 0.1) is 4.90 Å². The molecule has 1 saturated heterocycles. The molecule has 31 heavy (non-hydrogen) atoms. The Morgan fingerprint density at radius 1 is 1.03 bits per heavy atom. The van der Waals surface area contributed by atoms with Crippen molar-refractivity contribution >= 4 is 32.6 Å². The molecule has 0 bridgehead atoms. The van der Waals surface area contributed by atoms with E-state index in [-0.39, 0.29) is 35.6 Å². The number of nitrogens with one attached hydrogen (secondary N) is 1. The lowest BCUT2D eigenvalue weighted by atomic mass is 9.95.